The van der Waals surface area contributed by atoms with Crippen molar-refractivity contribution in [3.63, 3.8) is 0 Å². The molecule has 1 rings (SSSR count). The van der Waals surface area contributed by atoms with Crippen LogP contribution in [0.25, 0.3) is 0 Å². The fourth-order valence-electron chi connectivity index (χ4n) is 3.35. The van der Waals surface area contributed by atoms with Crippen LogP contribution in [0, 0.1) is 17.3 Å². The fraction of sp³-hybridized carbons (Fsp3) is 0.882. The van der Waals surface area contributed by atoms with Crippen LogP contribution in [0.15, 0.2) is 0 Å². The molecule has 0 aliphatic heterocycles. The highest BCUT2D eigenvalue weighted by molar-refractivity contribution is 5.84. The summed E-state index contributed by atoms with van der Waals surface area (Å²) >= 11 is 0. The summed E-state index contributed by atoms with van der Waals surface area (Å²) in [5, 5.41) is 12.3. The van der Waals surface area contributed by atoms with Crippen LogP contribution in [-0.2, 0) is 9.59 Å². The maximum absolute atomic E-state index is 12.1. The van der Waals surface area contributed by atoms with Gasteiger partial charge in [0.2, 0.25) is 5.91 Å². The summed E-state index contributed by atoms with van der Waals surface area (Å²) in [5.74, 6) is 0.459. The Hall–Kier alpha value is -1.06. The minimum atomic E-state index is -0.899. The molecule has 0 heterocycles. The van der Waals surface area contributed by atoms with Crippen molar-refractivity contribution in [3.05, 3.63) is 0 Å². The zero-order valence-electron chi connectivity index (χ0n) is 13.8. The van der Waals surface area contributed by atoms with Gasteiger partial charge in [-0.3, -0.25) is 9.59 Å². The van der Waals surface area contributed by atoms with Gasteiger partial charge in [0, 0.05) is 13.0 Å². The molecule has 21 heavy (non-hydrogen) atoms. The lowest BCUT2D eigenvalue weighted by Gasteiger charge is -2.29. The van der Waals surface area contributed by atoms with Crippen LogP contribution < -0.4 is 5.32 Å². The topological polar surface area (TPSA) is 66.4 Å². The Morgan fingerprint density at radius 3 is 2.00 bits per heavy atom. The Labute approximate surface area is 128 Å². The number of rotatable bonds is 8. The minimum absolute atomic E-state index is 0.0969. The van der Waals surface area contributed by atoms with Crippen molar-refractivity contribution in [1.29, 1.82) is 0 Å². The average molecular weight is 297 g/mol. The van der Waals surface area contributed by atoms with Crippen molar-refractivity contribution in [3.8, 4) is 0 Å². The van der Waals surface area contributed by atoms with E-state index < -0.39 is 11.4 Å². The van der Waals surface area contributed by atoms with Gasteiger partial charge in [0.25, 0.3) is 0 Å². The molecule has 1 amide bonds. The molecule has 1 fully saturated rings. The quantitative estimate of drug-likeness (QED) is 0.719. The molecule has 0 aromatic carbocycles. The molecule has 0 unspecified atom stereocenters. The lowest BCUT2D eigenvalue weighted by atomic mass is 9.78. The molecule has 2 N–H and O–H groups in total. The first kappa shape index (κ1) is 18.0. The van der Waals surface area contributed by atoms with Crippen molar-refractivity contribution in [2.45, 2.75) is 72.1 Å². The maximum Gasteiger partial charge on any atom is 0.310 e. The third kappa shape index (κ3) is 5.01. The molecule has 0 aromatic rings. The van der Waals surface area contributed by atoms with E-state index in [4.69, 9.17) is 0 Å². The lowest BCUT2D eigenvalue weighted by molar-refractivity contribution is -0.152. The number of carboxylic acids is 1. The highest BCUT2D eigenvalue weighted by atomic mass is 16.4. The number of amides is 1. The molecule has 0 aromatic heterocycles. The van der Waals surface area contributed by atoms with Gasteiger partial charge < -0.3 is 10.4 Å². The Balaban J connectivity index is 2.38. The minimum Gasteiger partial charge on any atom is -0.481 e. The Kier molecular flexibility index (Phi) is 7.20. The second-order valence-electron chi connectivity index (χ2n) is 6.57. The molecular formula is C17H31NO3. The third-order valence-corrected chi connectivity index (χ3v) is 5.44. The van der Waals surface area contributed by atoms with E-state index in [2.05, 4.69) is 12.2 Å². The molecule has 4 heteroatoms. The molecule has 0 bridgehead atoms. The second-order valence-corrected chi connectivity index (χ2v) is 6.57. The summed E-state index contributed by atoms with van der Waals surface area (Å²) in [6.45, 7) is 6.64. The van der Waals surface area contributed by atoms with Gasteiger partial charge in [-0.25, -0.2) is 0 Å². The van der Waals surface area contributed by atoms with Crippen LogP contribution in [0.3, 0.4) is 0 Å². The molecule has 0 atom stereocenters. The first-order chi connectivity index (χ1) is 9.97. The van der Waals surface area contributed by atoms with Crippen LogP contribution >= 0.6 is 0 Å². The van der Waals surface area contributed by atoms with E-state index in [0.717, 1.165) is 5.92 Å². The number of hydrogen-bond donors (Lipinski definition) is 2. The van der Waals surface area contributed by atoms with Crippen molar-refractivity contribution in [2.75, 3.05) is 6.54 Å². The van der Waals surface area contributed by atoms with Crippen LogP contribution in [0.2, 0.25) is 0 Å². The molecule has 1 aliphatic rings. The van der Waals surface area contributed by atoms with Crippen molar-refractivity contribution >= 4 is 11.9 Å². The van der Waals surface area contributed by atoms with Gasteiger partial charge in [-0.2, -0.15) is 0 Å². The van der Waals surface area contributed by atoms with Crippen LogP contribution in [-0.4, -0.2) is 23.5 Å². The predicted molar refractivity (Wildman–Crippen MR) is 84.0 cm³/mol. The zero-order chi connectivity index (χ0) is 15.9. The van der Waals surface area contributed by atoms with E-state index >= 15 is 0 Å². The van der Waals surface area contributed by atoms with Gasteiger partial charge in [0.05, 0.1) is 5.41 Å². The molecule has 0 saturated heterocycles. The number of carboxylic acid groups (broad SMARTS) is 1. The average Bonchev–Trinajstić information content (AvgIpc) is 2.50. The van der Waals surface area contributed by atoms with Gasteiger partial charge in [-0.05, 0) is 37.5 Å². The normalized spacial score (nSPS) is 22.8. The number of nitrogens with one attached hydrogen (secondary N) is 1. The maximum atomic E-state index is 12.1. The Bertz CT molecular complexity index is 342. The summed E-state index contributed by atoms with van der Waals surface area (Å²) in [4.78, 5) is 23.5. The molecule has 1 saturated carbocycles. The second kappa shape index (κ2) is 8.40. The molecule has 4 nitrogen and oxygen atoms in total. The molecule has 122 valence electrons. The summed E-state index contributed by atoms with van der Waals surface area (Å²) in [7, 11) is 0. The predicted octanol–water partition coefficient (Wildman–Crippen LogP) is 3.60. The summed E-state index contributed by atoms with van der Waals surface area (Å²) in [6.07, 6.45) is 7.24. The summed E-state index contributed by atoms with van der Waals surface area (Å²) in [6, 6.07) is 0. The molecular weight excluding hydrogens is 266 g/mol. The molecule has 0 spiro atoms. The molecule has 0 radical (unpaired) electrons. The van der Waals surface area contributed by atoms with Gasteiger partial charge in [0.15, 0.2) is 0 Å². The Morgan fingerprint density at radius 1 is 1.05 bits per heavy atom. The SMILES string of the molecule is CCC1CCC(CNC(=O)CC(CC)(CC)C(=O)O)CC1. The van der Waals surface area contributed by atoms with Gasteiger partial charge in [-0.1, -0.05) is 40.0 Å². The number of carbonyl (C=O) groups excluding carboxylic acids is 1. The van der Waals surface area contributed by atoms with Crippen molar-refractivity contribution in [2.24, 2.45) is 17.3 Å². The van der Waals surface area contributed by atoms with E-state index in [0.29, 0.717) is 25.3 Å². The smallest absolute Gasteiger partial charge is 0.310 e. The third-order valence-electron chi connectivity index (χ3n) is 5.44. The first-order valence-electron chi connectivity index (χ1n) is 8.47. The number of carbonyl (C=O) groups is 2. The van der Waals surface area contributed by atoms with Crippen LogP contribution in [0.4, 0.5) is 0 Å². The van der Waals surface area contributed by atoms with Crippen LogP contribution in [0.1, 0.15) is 72.1 Å². The van der Waals surface area contributed by atoms with E-state index in [1.165, 1.54) is 32.1 Å². The fourth-order valence-corrected chi connectivity index (χ4v) is 3.35. The zero-order valence-corrected chi connectivity index (χ0v) is 13.8. The van der Waals surface area contributed by atoms with Crippen LogP contribution in [0.5, 0.6) is 0 Å². The largest absolute Gasteiger partial charge is 0.481 e. The number of aliphatic carboxylic acids is 1. The van der Waals surface area contributed by atoms with Gasteiger partial charge >= 0.3 is 5.97 Å². The van der Waals surface area contributed by atoms with Gasteiger partial charge in [-0.15, -0.1) is 0 Å². The summed E-state index contributed by atoms with van der Waals surface area (Å²) in [5.41, 5.74) is -0.899. The highest BCUT2D eigenvalue weighted by Gasteiger charge is 2.37. The monoisotopic (exact) mass is 297 g/mol. The Morgan fingerprint density at radius 2 is 1.57 bits per heavy atom. The standard InChI is InChI=1S/C17H31NO3/c1-4-13-7-9-14(10-8-13)12-18-15(19)11-17(5-2,6-3)16(20)21/h13-14H,4-12H2,1-3H3,(H,18,19)(H,20,21). The lowest BCUT2D eigenvalue weighted by Crippen LogP contribution is -2.38. The van der Waals surface area contributed by atoms with Gasteiger partial charge in [0.1, 0.15) is 0 Å². The van der Waals surface area contributed by atoms with E-state index in [-0.39, 0.29) is 12.3 Å². The van der Waals surface area contributed by atoms with Crippen molar-refractivity contribution in [1.82, 2.24) is 5.32 Å². The van der Waals surface area contributed by atoms with E-state index in [9.17, 15) is 14.7 Å². The van der Waals surface area contributed by atoms with E-state index in [1.807, 2.05) is 13.8 Å². The first-order valence-corrected chi connectivity index (χ1v) is 8.47. The summed E-state index contributed by atoms with van der Waals surface area (Å²) < 4.78 is 0. The number of hydrogen-bond acceptors (Lipinski definition) is 2. The van der Waals surface area contributed by atoms with E-state index in [1.54, 1.807) is 0 Å². The highest BCUT2D eigenvalue weighted by Crippen LogP contribution is 2.32. The molecule has 1 aliphatic carbocycles. The van der Waals surface area contributed by atoms with Crippen molar-refractivity contribution < 1.29 is 14.7 Å².